The molecule has 0 radical (unpaired) electrons. The van der Waals surface area contributed by atoms with Crippen LogP contribution in [0.2, 0.25) is 0 Å². The number of halogens is 1. The van der Waals surface area contributed by atoms with E-state index in [-0.39, 0.29) is 30.1 Å². The number of hydrogen-bond donors (Lipinski definition) is 3. The van der Waals surface area contributed by atoms with Crippen LogP contribution in [0.25, 0.3) is 0 Å². The first-order valence-corrected chi connectivity index (χ1v) is 9.47. The van der Waals surface area contributed by atoms with E-state index in [0.29, 0.717) is 18.5 Å². The van der Waals surface area contributed by atoms with Gasteiger partial charge in [-0.05, 0) is 45.0 Å². The van der Waals surface area contributed by atoms with E-state index in [1.165, 1.54) is 0 Å². The van der Waals surface area contributed by atoms with Crippen molar-refractivity contribution >= 4 is 28.3 Å². The summed E-state index contributed by atoms with van der Waals surface area (Å²) in [5.74, 6) is -0.116. The van der Waals surface area contributed by atoms with E-state index in [2.05, 4.69) is 15.4 Å². The summed E-state index contributed by atoms with van der Waals surface area (Å²) >= 11 is 0. The molecule has 3 N–H and O–H groups in total. The minimum Gasteiger partial charge on any atom is -0.352 e. The van der Waals surface area contributed by atoms with Crippen LogP contribution in [0.15, 0.2) is 24.3 Å². The molecule has 0 aliphatic carbocycles. The fraction of sp³-hybridized carbons (Fsp3) is 0.562. The highest BCUT2D eigenvalue weighted by Gasteiger charge is 2.15. The van der Waals surface area contributed by atoms with Crippen LogP contribution in [-0.4, -0.2) is 34.0 Å². The van der Waals surface area contributed by atoms with Gasteiger partial charge in [-0.3, -0.25) is 4.79 Å². The third-order valence-corrected chi connectivity index (χ3v) is 4.71. The van der Waals surface area contributed by atoms with Gasteiger partial charge in [-0.2, -0.15) is 0 Å². The first-order valence-electron chi connectivity index (χ1n) is 7.82. The number of carbonyl (C=O) groups excluding carboxylic acids is 1. The van der Waals surface area contributed by atoms with Crippen LogP contribution in [0.3, 0.4) is 0 Å². The van der Waals surface area contributed by atoms with E-state index in [4.69, 9.17) is 0 Å². The van der Waals surface area contributed by atoms with Crippen molar-refractivity contribution in [2.75, 3.05) is 13.6 Å². The molecule has 0 aliphatic rings. The van der Waals surface area contributed by atoms with E-state index < -0.39 is 10.0 Å². The Balaban J connectivity index is 0.00000529. The molecule has 6 nitrogen and oxygen atoms in total. The van der Waals surface area contributed by atoms with Gasteiger partial charge in [-0.1, -0.05) is 24.3 Å². The Morgan fingerprint density at radius 2 is 1.79 bits per heavy atom. The van der Waals surface area contributed by atoms with E-state index in [1.807, 2.05) is 19.2 Å². The summed E-state index contributed by atoms with van der Waals surface area (Å²) in [7, 11) is -1.54. The van der Waals surface area contributed by atoms with E-state index in [0.717, 1.165) is 18.5 Å². The van der Waals surface area contributed by atoms with Gasteiger partial charge in [0, 0.05) is 19.0 Å². The van der Waals surface area contributed by atoms with Crippen molar-refractivity contribution < 1.29 is 13.2 Å². The van der Waals surface area contributed by atoms with Crippen molar-refractivity contribution in [2.45, 2.75) is 45.0 Å². The minimum atomic E-state index is -3.38. The van der Waals surface area contributed by atoms with Gasteiger partial charge in [0.25, 0.3) is 0 Å². The molecule has 1 rings (SSSR count). The van der Waals surface area contributed by atoms with E-state index in [9.17, 15) is 13.2 Å². The predicted octanol–water partition coefficient (Wildman–Crippen LogP) is 1.55. The summed E-state index contributed by atoms with van der Waals surface area (Å²) in [5, 5.41) is 5.84. The monoisotopic (exact) mass is 377 g/mol. The molecule has 8 heteroatoms. The highest BCUT2D eigenvalue weighted by molar-refractivity contribution is 7.88. The minimum absolute atomic E-state index is 0. The number of carbonyl (C=O) groups is 1. The summed E-state index contributed by atoms with van der Waals surface area (Å²) in [6.07, 6.45) is 1.23. The lowest BCUT2D eigenvalue weighted by molar-refractivity contribution is -0.121. The van der Waals surface area contributed by atoms with Crippen LogP contribution in [0.4, 0.5) is 0 Å². The van der Waals surface area contributed by atoms with Crippen molar-refractivity contribution in [1.29, 1.82) is 0 Å². The molecule has 0 atom stereocenters. The fourth-order valence-corrected chi connectivity index (χ4v) is 3.68. The van der Waals surface area contributed by atoms with Gasteiger partial charge in [-0.15, -0.1) is 12.4 Å². The summed E-state index contributed by atoms with van der Waals surface area (Å²) < 4.78 is 26.7. The lowest BCUT2D eigenvalue weighted by Gasteiger charge is -2.13. The molecule has 0 spiro atoms. The Morgan fingerprint density at radius 1 is 1.17 bits per heavy atom. The van der Waals surface area contributed by atoms with Gasteiger partial charge in [0.05, 0.1) is 5.75 Å². The maximum Gasteiger partial charge on any atom is 0.220 e. The molecule has 0 unspecified atom stereocenters. The molecule has 0 fully saturated rings. The average molecular weight is 378 g/mol. The quantitative estimate of drug-likeness (QED) is 0.540. The zero-order valence-corrected chi connectivity index (χ0v) is 16.1. The molecular weight excluding hydrogens is 350 g/mol. The van der Waals surface area contributed by atoms with E-state index in [1.54, 1.807) is 26.0 Å². The predicted molar refractivity (Wildman–Crippen MR) is 99.6 cm³/mol. The Morgan fingerprint density at radius 3 is 2.38 bits per heavy atom. The molecule has 1 aromatic carbocycles. The molecule has 1 aromatic rings. The van der Waals surface area contributed by atoms with Crippen molar-refractivity contribution in [3.05, 3.63) is 35.4 Å². The van der Waals surface area contributed by atoms with E-state index >= 15 is 0 Å². The molecule has 1 amide bonds. The number of rotatable bonds is 10. The summed E-state index contributed by atoms with van der Waals surface area (Å²) in [5.41, 5.74) is 1.53. The topological polar surface area (TPSA) is 87.3 Å². The first-order chi connectivity index (χ1) is 10.8. The molecule has 0 heterocycles. The van der Waals surface area contributed by atoms with Crippen LogP contribution < -0.4 is 15.4 Å². The van der Waals surface area contributed by atoms with Crippen molar-refractivity contribution in [2.24, 2.45) is 0 Å². The summed E-state index contributed by atoms with van der Waals surface area (Å²) in [6, 6.07) is 7.13. The summed E-state index contributed by atoms with van der Waals surface area (Å²) in [6.45, 7) is 4.71. The van der Waals surface area contributed by atoms with Crippen LogP contribution in [0.1, 0.15) is 37.8 Å². The largest absolute Gasteiger partial charge is 0.352 e. The Kier molecular flexibility index (Phi) is 10.9. The van der Waals surface area contributed by atoms with Gasteiger partial charge < -0.3 is 10.6 Å². The van der Waals surface area contributed by atoms with Crippen LogP contribution in [0.5, 0.6) is 0 Å². The molecule has 0 saturated carbocycles. The molecule has 0 aliphatic heterocycles. The number of amides is 1. The second-order valence-corrected chi connectivity index (χ2v) is 7.54. The van der Waals surface area contributed by atoms with Crippen molar-refractivity contribution in [3.63, 3.8) is 0 Å². The molecular formula is C16H28ClN3O3S. The second-order valence-electron chi connectivity index (χ2n) is 5.78. The normalized spacial score (nSPS) is 11.2. The zero-order valence-electron chi connectivity index (χ0n) is 14.5. The molecule has 24 heavy (non-hydrogen) atoms. The lowest BCUT2D eigenvalue weighted by atomic mass is 10.1. The standard InChI is InChI=1S/C16H27N3O3S.ClH/c1-13(2)19-23(21,22)12-15-8-5-4-7-14(15)11-18-16(20)9-6-10-17-3;/h4-5,7-8,13,17,19H,6,9-12H2,1-3H3,(H,18,20);1H. The number of hydrogen-bond acceptors (Lipinski definition) is 4. The number of nitrogens with one attached hydrogen (secondary N) is 3. The molecule has 0 bridgehead atoms. The third-order valence-electron chi connectivity index (χ3n) is 3.19. The molecule has 138 valence electrons. The van der Waals surface area contributed by atoms with Gasteiger partial charge in [0.15, 0.2) is 0 Å². The fourth-order valence-electron chi connectivity index (χ4n) is 2.18. The van der Waals surface area contributed by atoms with Crippen LogP contribution in [0, 0.1) is 0 Å². The third kappa shape index (κ3) is 9.22. The highest BCUT2D eigenvalue weighted by atomic mass is 35.5. The number of sulfonamides is 1. The van der Waals surface area contributed by atoms with Crippen LogP contribution >= 0.6 is 12.4 Å². The Hall–Kier alpha value is -1.15. The van der Waals surface area contributed by atoms with Gasteiger partial charge in [-0.25, -0.2) is 13.1 Å². The van der Waals surface area contributed by atoms with Crippen molar-refractivity contribution in [1.82, 2.24) is 15.4 Å². The van der Waals surface area contributed by atoms with Crippen LogP contribution in [-0.2, 0) is 27.1 Å². The second kappa shape index (κ2) is 11.4. The van der Waals surface area contributed by atoms with Gasteiger partial charge in [0.2, 0.25) is 15.9 Å². The highest BCUT2D eigenvalue weighted by Crippen LogP contribution is 2.12. The Bertz CT molecular complexity index is 606. The zero-order chi connectivity index (χ0) is 17.3. The average Bonchev–Trinajstić information content (AvgIpc) is 2.45. The lowest BCUT2D eigenvalue weighted by Crippen LogP contribution is -2.32. The first kappa shape index (κ1) is 22.9. The van der Waals surface area contributed by atoms with Crippen molar-refractivity contribution in [3.8, 4) is 0 Å². The van der Waals surface area contributed by atoms with Gasteiger partial charge in [0.1, 0.15) is 0 Å². The van der Waals surface area contributed by atoms with Gasteiger partial charge >= 0.3 is 0 Å². The maximum atomic E-state index is 12.1. The SMILES string of the molecule is CNCCCC(=O)NCc1ccccc1CS(=O)(=O)NC(C)C.Cl. The molecule has 0 saturated heterocycles. The number of benzene rings is 1. The maximum absolute atomic E-state index is 12.1. The molecule has 0 aromatic heterocycles. The summed E-state index contributed by atoms with van der Waals surface area (Å²) in [4.78, 5) is 11.8. The smallest absolute Gasteiger partial charge is 0.220 e. The Labute approximate surface area is 151 Å².